The number of likely N-dealkylation sites (tertiary alicyclic amines) is 1. The van der Waals surface area contributed by atoms with Gasteiger partial charge in [-0.1, -0.05) is 34.6 Å². The molecule has 2 rings (SSSR count). The van der Waals surface area contributed by atoms with Crippen molar-refractivity contribution in [1.82, 2.24) is 4.90 Å². The van der Waals surface area contributed by atoms with Crippen LogP contribution in [0.4, 0.5) is 0 Å². The van der Waals surface area contributed by atoms with Gasteiger partial charge in [-0.15, -0.1) is 0 Å². The fraction of sp³-hybridized carbons (Fsp3) is 1.00. The molecule has 1 aliphatic heterocycles. The van der Waals surface area contributed by atoms with Crippen molar-refractivity contribution in [3.63, 3.8) is 0 Å². The molecule has 1 heterocycles. The van der Waals surface area contributed by atoms with Crippen molar-refractivity contribution in [3.8, 4) is 0 Å². The fourth-order valence-corrected chi connectivity index (χ4v) is 3.71. The molecule has 0 aromatic carbocycles. The van der Waals surface area contributed by atoms with Crippen LogP contribution < -0.4 is 0 Å². The van der Waals surface area contributed by atoms with Gasteiger partial charge in [-0.05, 0) is 49.4 Å². The van der Waals surface area contributed by atoms with Crippen LogP contribution in [0.2, 0.25) is 0 Å². The zero-order chi connectivity index (χ0) is 14.7. The summed E-state index contributed by atoms with van der Waals surface area (Å²) in [4.78, 5) is 2.61. The van der Waals surface area contributed by atoms with Crippen molar-refractivity contribution >= 4 is 0 Å². The first-order valence-electron chi connectivity index (χ1n) is 8.83. The van der Waals surface area contributed by atoms with E-state index in [9.17, 15) is 0 Å². The molecule has 20 heavy (non-hydrogen) atoms. The molecule has 0 aromatic heterocycles. The average molecular weight is 281 g/mol. The summed E-state index contributed by atoms with van der Waals surface area (Å²) in [6.45, 7) is 15.5. The van der Waals surface area contributed by atoms with E-state index < -0.39 is 0 Å². The van der Waals surface area contributed by atoms with Gasteiger partial charge in [0.25, 0.3) is 0 Å². The van der Waals surface area contributed by atoms with E-state index in [0.29, 0.717) is 12.2 Å². The zero-order valence-corrected chi connectivity index (χ0v) is 14.3. The molecule has 2 fully saturated rings. The van der Waals surface area contributed by atoms with Crippen molar-refractivity contribution in [2.75, 3.05) is 19.6 Å². The lowest BCUT2D eigenvalue weighted by atomic mass is 9.70. The maximum Gasteiger partial charge on any atom is 0.0603 e. The summed E-state index contributed by atoms with van der Waals surface area (Å²) in [6.07, 6.45) is 6.22. The second-order valence-corrected chi connectivity index (χ2v) is 7.99. The lowest BCUT2D eigenvalue weighted by Crippen LogP contribution is -2.43. The Morgan fingerprint density at radius 1 is 0.950 bits per heavy atom. The van der Waals surface area contributed by atoms with Gasteiger partial charge in [0.1, 0.15) is 0 Å². The maximum atomic E-state index is 6.31. The zero-order valence-electron chi connectivity index (χ0n) is 14.3. The molecule has 0 N–H and O–H groups in total. The number of hydrogen-bond donors (Lipinski definition) is 0. The van der Waals surface area contributed by atoms with E-state index in [2.05, 4.69) is 39.5 Å². The van der Waals surface area contributed by atoms with E-state index >= 15 is 0 Å². The quantitative estimate of drug-likeness (QED) is 0.723. The highest BCUT2D eigenvalue weighted by Crippen LogP contribution is 2.40. The topological polar surface area (TPSA) is 12.5 Å². The highest BCUT2D eigenvalue weighted by Gasteiger charge is 2.36. The number of nitrogens with zero attached hydrogens (tertiary/aromatic N) is 1. The molecule has 1 aliphatic carbocycles. The molecule has 1 unspecified atom stereocenters. The predicted octanol–water partition coefficient (Wildman–Crippen LogP) is 4.19. The Kier molecular flexibility index (Phi) is 5.92. The molecule has 1 atom stereocenters. The predicted molar refractivity (Wildman–Crippen MR) is 85.9 cm³/mol. The van der Waals surface area contributed by atoms with E-state index in [1.165, 1.54) is 45.3 Å². The summed E-state index contributed by atoms with van der Waals surface area (Å²) < 4.78 is 6.31. The Labute approximate surface area is 126 Å². The van der Waals surface area contributed by atoms with Gasteiger partial charge in [-0.3, -0.25) is 0 Å². The van der Waals surface area contributed by atoms with Crippen LogP contribution in [0.3, 0.4) is 0 Å². The summed E-state index contributed by atoms with van der Waals surface area (Å²) in [6, 6.07) is 0. The number of hydrogen-bond acceptors (Lipinski definition) is 2. The molecule has 0 spiro atoms. The molecule has 0 amide bonds. The van der Waals surface area contributed by atoms with Gasteiger partial charge >= 0.3 is 0 Å². The molecule has 1 saturated heterocycles. The summed E-state index contributed by atoms with van der Waals surface area (Å²) in [5, 5.41) is 0. The third kappa shape index (κ3) is 4.46. The molecule has 0 bridgehead atoms. The molecule has 1 saturated carbocycles. The largest absolute Gasteiger partial charge is 0.375 e. The van der Waals surface area contributed by atoms with Gasteiger partial charge in [-0.25, -0.2) is 0 Å². The molecule has 2 heteroatoms. The monoisotopic (exact) mass is 281 g/mol. The third-order valence-electron chi connectivity index (χ3n) is 5.47. The molecule has 0 radical (unpaired) electrons. The third-order valence-corrected chi connectivity index (χ3v) is 5.47. The van der Waals surface area contributed by atoms with Crippen LogP contribution in [-0.4, -0.2) is 36.7 Å². The van der Waals surface area contributed by atoms with Crippen LogP contribution in [0, 0.1) is 23.7 Å². The minimum Gasteiger partial charge on any atom is -0.375 e. The summed E-state index contributed by atoms with van der Waals surface area (Å²) >= 11 is 0. The first-order chi connectivity index (χ1) is 9.45. The van der Waals surface area contributed by atoms with Gasteiger partial charge in [-0.2, -0.15) is 0 Å². The van der Waals surface area contributed by atoms with Crippen molar-refractivity contribution in [2.45, 2.75) is 72.5 Å². The summed E-state index contributed by atoms with van der Waals surface area (Å²) in [5.41, 5.74) is 0. The van der Waals surface area contributed by atoms with Gasteiger partial charge in [0, 0.05) is 19.6 Å². The first kappa shape index (κ1) is 16.3. The molecular weight excluding hydrogens is 246 g/mol. The van der Waals surface area contributed by atoms with Crippen LogP contribution >= 0.6 is 0 Å². The van der Waals surface area contributed by atoms with E-state index in [4.69, 9.17) is 4.74 Å². The molecule has 0 aromatic rings. The highest BCUT2D eigenvalue weighted by molar-refractivity contribution is 4.86. The second kappa shape index (κ2) is 7.26. The Balaban J connectivity index is 1.61. The van der Waals surface area contributed by atoms with Crippen LogP contribution in [0.15, 0.2) is 0 Å². The molecule has 118 valence electrons. The summed E-state index contributed by atoms with van der Waals surface area (Å²) in [5.74, 6) is 3.39. The minimum atomic E-state index is 0.540. The van der Waals surface area contributed by atoms with Gasteiger partial charge in [0.15, 0.2) is 0 Å². The lowest BCUT2D eigenvalue weighted by molar-refractivity contribution is -0.106. The van der Waals surface area contributed by atoms with Crippen molar-refractivity contribution in [3.05, 3.63) is 0 Å². The standard InChI is InChI=1S/C18H35NO/c1-13(2)12-19-8-6-17(7-9-19)20-18-10-16(11-18)15(5)14(3)4/h13-18H,6-12H2,1-5H3/t15?,16-,18-. The molecular formula is C18H35NO. The van der Waals surface area contributed by atoms with E-state index in [-0.39, 0.29) is 0 Å². The maximum absolute atomic E-state index is 6.31. The minimum absolute atomic E-state index is 0.540. The molecule has 2 nitrogen and oxygen atoms in total. The average Bonchev–Trinajstić information content (AvgIpc) is 2.33. The van der Waals surface area contributed by atoms with Crippen LogP contribution in [0.1, 0.15) is 60.3 Å². The number of piperidine rings is 1. The Bertz CT molecular complexity index is 275. The Morgan fingerprint density at radius 3 is 2.05 bits per heavy atom. The van der Waals surface area contributed by atoms with E-state index in [0.717, 1.165) is 23.7 Å². The Morgan fingerprint density at radius 2 is 1.55 bits per heavy atom. The van der Waals surface area contributed by atoms with Gasteiger partial charge in [0.05, 0.1) is 12.2 Å². The SMILES string of the molecule is CC(C)CN1CCC(O[C@H]2C[C@H](C(C)C(C)C)C2)CC1. The highest BCUT2D eigenvalue weighted by atomic mass is 16.5. The summed E-state index contributed by atoms with van der Waals surface area (Å²) in [7, 11) is 0. The van der Waals surface area contributed by atoms with Crippen LogP contribution in [-0.2, 0) is 4.74 Å². The van der Waals surface area contributed by atoms with Crippen molar-refractivity contribution in [2.24, 2.45) is 23.7 Å². The normalized spacial score (nSPS) is 30.8. The number of ether oxygens (including phenoxy) is 1. The lowest BCUT2D eigenvalue weighted by Gasteiger charge is -2.43. The van der Waals surface area contributed by atoms with E-state index in [1.807, 2.05) is 0 Å². The van der Waals surface area contributed by atoms with E-state index in [1.54, 1.807) is 0 Å². The second-order valence-electron chi connectivity index (χ2n) is 7.99. The smallest absolute Gasteiger partial charge is 0.0603 e. The molecule has 2 aliphatic rings. The first-order valence-corrected chi connectivity index (χ1v) is 8.83. The van der Waals surface area contributed by atoms with Gasteiger partial charge < -0.3 is 9.64 Å². The van der Waals surface area contributed by atoms with Crippen molar-refractivity contribution in [1.29, 1.82) is 0 Å². The van der Waals surface area contributed by atoms with Crippen LogP contribution in [0.5, 0.6) is 0 Å². The fourth-order valence-electron chi connectivity index (χ4n) is 3.71. The Hall–Kier alpha value is -0.0800. The number of rotatable bonds is 6. The van der Waals surface area contributed by atoms with Crippen LogP contribution in [0.25, 0.3) is 0 Å². The van der Waals surface area contributed by atoms with Gasteiger partial charge in [0.2, 0.25) is 0 Å². The van der Waals surface area contributed by atoms with Crippen molar-refractivity contribution < 1.29 is 4.74 Å².